The smallest absolute Gasteiger partial charge is 0.326 e. The second kappa shape index (κ2) is 9.68. The number of rotatable bonds is 8. The van der Waals surface area contributed by atoms with Crippen molar-refractivity contribution >= 4 is 23.7 Å². The number of carboxylic acid groups (broad SMARTS) is 1. The largest absolute Gasteiger partial charge is 0.480 e. The lowest BCUT2D eigenvalue weighted by Crippen LogP contribution is -2.53. The molecule has 9 heteroatoms. The van der Waals surface area contributed by atoms with Crippen molar-refractivity contribution in [2.24, 2.45) is 5.92 Å². The molecule has 0 aromatic rings. The first-order valence-corrected chi connectivity index (χ1v) is 9.63. The number of hydrogen-bond acceptors (Lipinski definition) is 5. The van der Waals surface area contributed by atoms with Crippen LogP contribution in [0, 0.1) is 5.92 Å². The van der Waals surface area contributed by atoms with Gasteiger partial charge in [0.15, 0.2) is 0 Å². The number of carbonyl (C=O) groups is 4. The highest BCUT2D eigenvalue weighted by atomic mass is 16.4. The van der Waals surface area contributed by atoms with Gasteiger partial charge in [0, 0.05) is 6.54 Å². The van der Waals surface area contributed by atoms with Gasteiger partial charge >= 0.3 is 5.97 Å². The van der Waals surface area contributed by atoms with Crippen LogP contribution in [0.4, 0.5) is 0 Å². The van der Waals surface area contributed by atoms with Crippen LogP contribution in [0.5, 0.6) is 0 Å². The fourth-order valence-electron chi connectivity index (χ4n) is 3.62. The van der Waals surface area contributed by atoms with E-state index in [9.17, 15) is 19.2 Å². The Morgan fingerprint density at radius 3 is 2.52 bits per heavy atom. The normalized spacial score (nSPS) is 23.3. The average molecular weight is 382 g/mol. The van der Waals surface area contributed by atoms with E-state index < -0.39 is 24.0 Å². The molecule has 2 fully saturated rings. The Morgan fingerprint density at radius 2 is 1.93 bits per heavy atom. The van der Waals surface area contributed by atoms with Gasteiger partial charge in [-0.3, -0.25) is 14.4 Å². The molecule has 0 saturated carbocycles. The summed E-state index contributed by atoms with van der Waals surface area (Å²) in [5.41, 5.74) is 0. The average Bonchev–Trinajstić information content (AvgIpc) is 3.29. The van der Waals surface area contributed by atoms with Crippen LogP contribution in [-0.2, 0) is 19.2 Å². The second-order valence-electron chi connectivity index (χ2n) is 7.64. The number of likely N-dealkylation sites (tertiary alicyclic amines) is 1. The summed E-state index contributed by atoms with van der Waals surface area (Å²) in [7, 11) is 0. The van der Waals surface area contributed by atoms with Crippen LogP contribution in [0.25, 0.3) is 0 Å². The van der Waals surface area contributed by atoms with Gasteiger partial charge < -0.3 is 26.0 Å². The maximum atomic E-state index is 12.6. The Kier molecular flexibility index (Phi) is 7.58. The highest BCUT2D eigenvalue weighted by molar-refractivity contribution is 5.93. The molecule has 2 saturated heterocycles. The molecule has 0 spiro atoms. The van der Waals surface area contributed by atoms with Gasteiger partial charge in [0.1, 0.15) is 12.1 Å². The van der Waals surface area contributed by atoms with Gasteiger partial charge in [-0.2, -0.15) is 0 Å². The van der Waals surface area contributed by atoms with Crippen LogP contribution in [0.15, 0.2) is 0 Å². The van der Waals surface area contributed by atoms with Crippen molar-refractivity contribution in [1.82, 2.24) is 20.9 Å². The van der Waals surface area contributed by atoms with Crippen LogP contribution in [0.2, 0.25) is 0 Å². The van der Waals surface area contributed by atoms with Crippen LogP contribution >= 0.6 is 0 Å². The summed E-state index contributed by atoms with van der Waals surface area (Å²) in [4.78, 5) is 49.8. The minimum atomic E-state index is -1.10. The van der Waals surface area contributed by atoms with Crippen molar-refractivity contribution in [1.29, 1.82) is 0 Å². The van der Waals surface area contributed by atoms with E-state index >= 15 is 0 Å². The van der Waals surface area contributed by atoms with Gasteiger partial charge in [0.2, 0.25) is 17.7 Å². The summed E-state index contributed by atoms with van der Waals surface area (Å²) >= 11 is 0. The lowest BCUT2D eigenvalue weighted by molar-refractivity contribution is -0.142. The topological polar surface area (TPSA) is 128 Å². The first-order valence-electron chi connectivity index (χ1n) is 9.63. The number of carbonyl (C=O) groups excluding carboxylic acids is 3. The molecule has 0 aliphatic carbocycles. The van der Waals surface area contributed by atoms with E-state index in [0.29, 0.717) is 19.4 Å². The molecule has 152 valence electrons. The molecule has 27 heavy (non-hydrogen) atoms. The third kappa shape index (κ3) is 5.92. The fraction of sp³-hybridized carbons (Fsp3) is 0.778. The molecule has 3 unspecified atom stereocenters. The van der Waals surface area contributed by atoms with Crippen molar-refractivity contribution in [2.45, 2.75) is 64.1 Å². The first-order chi connectivity index (χ1) is 12.8. The Morgan fingerprint density at radius 1 is 1.19 bits per heavy atom. The molecule has 0 radical (unpaired) electrons. The lowest BCUT2D eigenvalue weighted by atomic mass is 10.0. The van der Waals surface area contributed by atoms with E-state index in [1.807, 2.05) is 13.8 Å². The highest BCUT2D eigenvalue weighted by Crippen LogP contribution is 2.20. The molecule has 9 nitrogen and oxygen atoms in total. The van der Waals surface area contributed by atoms with Crippen molar-refractivity contribution in [3.63, 3.8) is 0 Å². The van der Waals surface area contributed by atoms with E-state index in [-0.39, 0.29) is 30.3 Å². The summed E-state index contributed by atoms with van der Waals surface area (Å²) < 4.78 is 0. The van der Waals surface area contributed by atoms with Gasteiger partial charge in [0.25, 0.3) is 0 Å². The molecule has 2 heterocycles. The molecule has 0 aromatic carbocycles. The van der Waals surface area contributed by atoms with Crippen LogP contribution < -0.4 is 16.0 Å². The summed E-state index contributed by atoms with van der Waals surface area (Å²) in [5.74, 6) is -1.96. The van der Waals surface area contributed by atoms with Gasteiger partial charge in [-0.05, 0) is 44.6 Å². The molecule has 2 aliphatic rings. The van der Waals surface area contributed by atoms with Gasteiger partial charge in [-0.15, -0.1) is 0 Å². The fourth-order valence-corrected chi connectivity index (χ4v) is 3.62. The number of hydrogen-bond donors (Lipinski definition) is 4. The molecule has 4 N–H and O–H groups in total. The standard InChI is InChI=1S/C18H30N4O5/c1-11(2)9-13(18(26)27)21-15(23)10-20-16(24)14-6-4-8-22(14)17(25)12-5-3-7-19-12/h11-14,19H,3-10H2,1-2H3,(H,20,24)(H,21,23)(H,26,27). The van der Waals surface area contributed by atoms with E-state index in [4.69, 9.17) is 5.11 Å². The van der Waals surface area contributed by atoms with E-state index in [1.165, 1.54) is 0 Å². The zero-order valence-corrected chi connectivity index (χ0v) is 16.0. The number of carboxylic acids is 1. The van der Waals surface area contributed by atoms with Crippen molar-refractivity contribution in [2.75, 3.05) is 19.6 Å². The number of nitrogens with one attached hydrogen (secondary N) is 3. The molecule has 2 rings (SSSR count). The first kappa shape index (κ1) is 21.1. The molecule has 3 atom stereocenters. The van der Waals surface area contributed by atoms with E-state index in [1.54, 1.807) is 4.90 Å². The van der Waals surface area contributed by atoms with Crippen molar-refractivity contribution in [3.8, 4) is 0 Å². The predicted octanol–water partition coefficient (Wildman–Crippen LogP) is -0.539. The quantitative estimate of drug-likeness (QED) is 0.446. The maximum Gasteiger partial charge on any atom is 0.326 e. The Labute approximate surface area is 159 Å². The Bertz CT molecular complexity index is 574. The van der Waals surface area contributed by atoms with Gasteiger partial charge in [-0.1, -0.05) is 13.8 Å². The van der Waals surface area contributed by atoms with E-state index in [2.05, 4.69) is 16.0 Å². The highest BCUT2D eigenvalue weighted by Gasteiger charge is 2.37. The molecule has 2 aliphatic heterocycles. The van der Waals surface area contributed by atoms with Gasteiger partial charge in [-0.25, -0.2) is 4.79 Å². The minimum absolute atomic E-state index is 0.0579. The van der Waals surface area contributed by atoms with Crippen LogP contribution in [0.1, 0.15) is 46.0 Å². The monoisotopic (exact) mass is 382 g/mol. The summed E-state index contributed by atoms with van der Waals surface area (Å²) in [6.07, 6.45) is 3.35. The molecule has 0 aromatic heterocycles. The number of aliphatic carboxylic acids is 1. The van der Waals surface area contributed by atoms with Crippen molar-refractivity contribution < 1.29 is 24.3 Å². The second-order valence-corrected chi connectivity index (χ2v) is 7.64. The lowest BCUT2D eigenvalue weighted by Gasteiger charge is -2.26. The molecular weight excluding hydrogens is 352 g/mol. The maximum absolute atomic E-state index is 12.6. The SMILES string of the molecule is CC(C)CC(NC(=O)CNC(=O)C1CCCN1C(=O)C1CCCN1)C(=O)O. The summed E-state index contributed by atoms with van der Waals surface area (Å²) in [5, 5.41) is 17.3. The van der Waals surface area contributed by atoms with Crippen molar-refractivity contribution in [3.05, 3.63) is 0 Å². The third-order valence-electron chi connectivity index (χ3n) is 4.96. The third-order valence-corrected chi connectivity index (χ3v) is 4.96. The van der Waals surface area contributed by atoms with Crippen LogP contribution in [-0.4, -0.2) is 71.5 Å². The zero-order valence-electron chi connectivity index (χ0n) is 16.0. The molecule has 0 bridgehead atoms. The molecular formula is C18H30N4O5. The van der Waals surface area contributed by atoms with Crippen LogP contribution in [0.3, 0.4) is 0 Å². The Balaban J connectivity index is 1.83. The summed E-state index contributed by atoms with van der Waals surface area (Å²) in [6.45, 7) is 4.78. The number of amides is 3. The van der Waals surface area contributed by atoms with E-state index in [0.717, 1.165) is 25.8 Å². The summed E-state index contributed by atoms with van der Waals surface area (Å²) in [6, 6.07) is -1.78. The molecule has 3 amide bonds. The zero-order chi connectivity index (χ0) is 20.0. The number of nitrogens with zero attached hydrogens (tertiary/aromatic N) is 1. The van der Waals surface area contributed by atoms with Gasteiger partial charge in [0.05, 0.1) is 12.6 Å². The minimum Gasteiger partial charge on any atom is -0.480 e. The predicted molar refractivity (Wildman–Crippen MR) is 97.8 cm³/mol. The Hall–Kier alpha value is -2.16.